The van der Waals surface area contributed by atoms with Gasteiger partial charge in [-0.2, -0.15) is 0 Å². The minimum atomic E-state index is -0.543. The number of nitrogens with one attached hydrogen (secondary N) is 1. The van der Waals surface area contributed by atoms with Gasteiger partial charge in [-0.3, -0.25) is 0 Å². The number of rotatable bonds is 7. The molecule has 0 spiro atoms. The molecule has 2 aromatic carbocycles. The van der Waals surface area contributed by atoms with E-state index in [4.69, 9.17) is 5.73 Å². The van der Waals surface area contributed by atoms with Gasteiger partial charge in [0.2, 0.25) is 0 Å². The number of halogens is 1. The van der Waals surface area contributed by atoms with E-state index in [1.807, 2.05) is 48.5 Å². The highest BCUT2D eigenvalue weighted by molar-refractivity contribution is 5.85. The number of benzene rings is 2. The summed E-state index contributed by atoms with van der Waals surface area (Å²) in [6, 6.07) is 19.9. The average Bonchev–Trinajstić information content (AvgIpc) is 2.49. The second kappa shape index (κ2) is 9.53. The van der Waals surface area contributed by atoms with Crippen LogP contribution >= 0.6 is 12.4 Å². The molecule has 2 rings (SSSR count). The van der Waals surface area contributed by atoms with Crippen LogP contribution in [0.15, 0.2) is 60.7 Å². The molecule has 4 heteroatoms. The zero-order valence-electron chi connectivity index (χ0n) is 12.0. The minimum Gasteiger partial charge on any atom is -0.390 e. The molecule has 0 saturated heterocycles. The first kappa shape index (κ1) is 17.7. The van der Waals surface area contributed by atoms with Gasteiger partial charge in [-0.1, -0.05) is 60.7 Å². The summed E-state index contributed by atoms with van der Waals surface area (Å²) in [4.78, 5) is 0. The van der Waals surface area contributed by atoms with Gasteiger partial charge in [0.1, 0.15) is 0 Å². The summed E-state index contributed by atoms with van der Waals surface area (Å²) in [5.41, 5.74) is 8.40. The first-order valence-corrected chi connectivity index (χ1v) is 6.98. The van der Waals surface area contributed by atoms with Crippen molar-refractivity contribution in [3.63, 3.8) is 0 Å². The third kappa shape index (κ3) is 6.27. The number of hydrogen-bond acceptors (Lipinski definition) is 3. The minimum absolute atomic E-state index is 0. The highest BCUT2D eigenvalue weighted by Gasteiger charge is 2.14. The number of hydrogen-bond donors (Lipinski definition) is 3. The lowest BCUT2D eigenvalue weighted by molar-refractivity contribution is 0.141. The van der Waals surface area contributed by atoms with E-state index in [1.54, 1.807) is 0 Å². The third-order valence-electron chi connectivity index (χ3n) is 3.33. The number of aliphatic hydroxyl groups excluding tert-OH is 1. The largest absolute Gasteiger partial charge is 0.390 e. The van der Waals surface area contributed by atoms with E-state index in [9.17, 15) is 5.11 Å². The third-order valence-corrected chi connectivity index (χ3v) is 3.33. The molecule has 0 amide bonds. The standard InChI is InChI=1S/C17H22N2O.ClH/c18-16(11-14-7-3-1-4-8-14)17(20)13-19-12-15-9-5-2-6-10-15;/h1-10,16-17,19-20H,11-13,18H2;1H/t16-,17+;/m1./s1. The van der Waals surface area contributed by atoms with Gasteiger partial charge in [0, 0.05) is 19.1 Å². The molecule has 0 aromatic heterocycles. The van der Waals surface area contributed by atoms with Crippen molar-refractivity contribution in [1.29, 1.82) is 0 Å². The fourth-order valence-electron chi connectivity index (χ4n) is 2.13. The Morgan fingerprint density at radius 3 is 2.00 bits per heavy atom. The molecule has 0 aliphatic rings. The van der Waals surface area contributed by atoms with E-state index >= 15 is 0 Å². The monoisotopic (exact) mass is 306 g/mol. The van der Waals surface area contributed by atoms with Crippen LogP contribution in [-0.2, 0) is 13.0 Å². The lowest BCUT2D eigenvalue weighted by atomic mass is 10.0. The van der Waals surface area contributed by atoms with Crippen molar-refractivity contribution in [3.05, 3.63) is 71.8 Å². The van der Waals surface area contributed by atoms with Gasteiger partial charge in [0.25, 0.3) is 0 Å². The second-order valence-corrected chi connectivity index (χ2v) is 5.04. The normalized spacial score (nSPS) is 13.2. The highest BCUT2D eigenvalue weighted by atomic mass is 35.5. The van der Waals surface area contributed by atoms with Crippen LogP contribution in [0.4, 0.5) is 0 Å². The maximum Gasteiger partial charge on any atom is 0.0818 e. The molecule has 4 N–H and O–H groups in total. The summed E-state index contributed by atoms with van der Waals surface area (Å²) in [7, 11) is 0. The summed E-state index contributed by atoms with van der Waals surface area (Å²) < 4.78 is 0. The summed E-state index contributed by atoms with van der Waals surface area (Å²) in [6.07, 6.45) is 0.147. The van der Waals surface area contributed by atoms with E-state index in [0.717, 1.165) is 12.1 Å². The zero-order valence-corrected chi connectivity index (χ0v) is 12.8. The molecular formula is C17H23ClN2O. The molecule has 0 saturated carbocycles. The van der Waals surface area contributed by atoms with Crippen molar-refractivity contribution < 1.29 is 5.11 Å². The molecule has 2 aromatic rings. The SMILES string of the molecule is Cl.N[C@H](Cc1ccccc1)[C@@H](O)CNCc1ccccc1. The first-order chi connectivity index (χ1) is 9.75. The maximum absolute atomic E-state index is 10.1. The van der Waals surface area contributed by atoms with Gasteiger partial charge in [-0.05, 0) is 17.5 Å². The summed E-state index contributed by atoms with van der Waals surface area (Å²) in [6.45, 7) is 1.25. The molecule has 3 nitrogen and oxygen atoms in total. The highest BCUT2D eigenvalue weighted by Crippen LogP contribution is 2.04. The van der Waals surface area contributed by atoms with Crippen LogP contribution in [-0.4, -0.2) is 23.8 Å². The van der Waals surface area contributed by atoms with E-state index in [0.29, 0.717) is 13.0 Å². The fourth-order valence-corrected chi connectivity index (χ4v) is 2.13. The Bertz CT molecular complexity index is 493. The first-order valence-electron chi connectivity index (χ1n) is 6.98. The van der Waals surface area contributed by atoms with Gasteiger partial charge in [0.05, 0.1) is 6.10 Å². The van der Waals surface area contributed by atoms with Crippen LogP contribution in [0.1, 0.15) is 11.1 Å². The Labute approximate surface area is 132 Å². The molecule has 0 unspecified atom stereocenters. The molecule has 2 atom stereocenters. The molecule has 21 heavy (non-hydrogen) atoms. The summed E-state index contributed by atoms with van der Waals surface area (Å²) in [5, 5.41) is 13.3. The second-order valence-electron chi connectivity index (χ2n) is 5.04. The van der Waals surface area contributed by atoms with E-state index in [1.165, 1.54) is 5.56 Å². The van der Waals surface area contributed by atoms with Gasteiger partial charge in [-0.15, -0.1) is 12.4 Å². The Morgan fingerprint density at radius 2 is 1.43 bits per heavy atom. The van der Waals surface area contributed by atoms with Crippen LogP contribution in [0.3, 0.4) is 0 Å². The van der Waals surface area contributed by atoms with Crippen molar-refractivity contribution in [2.45, 2.75) is 25.1 Å². The molecule has 0 fully saturated rings. The predicted octanol–water partition coefficient (Wildman–Crippen LogP) is 2.13. The van der Waals surface area contributed by atoms with Gasteiger partial charge < -0.3 is 16.2 Å². The quantitative estimate of drug-likeness (QED) is 0.734. The number of aliphatic hydroxyl groups is 1. The molecule has 0 heterocycles. The fraction of sp³-hybridized carbons (Fsp3) is 0.294. The number of nitrogens with two attached hydrogens (primary N) is 1. The Hall–Kier alpha value is -1.39. The van der Waals surface area contributed by atoms with Crippen LogP contribution in [0.5, 0.6) is 0 Å². The van der Waals surface area contributed by atoms with Gasteiger partial charge in [-0.25, -0.2) is 0 Å². The van der Waals surface area contributed by atoms with E-state index in [2.05, 4.69) is 17.4 Å². The molecule has 0 aliphatic heterocycles. The molecule has 114 valence electrons. The summed E-state index contributed by atoms with van der Waals surface area (Å²) in [5.74, 6) is 0. The van der Waals surface area contributed by atoms with E-state index < -0.39 is 6.10 Å². The zero-order chi connectivity index (χ0) is 14.2. The summed E-state index contributed by atoms with van der Waals surface area (Å²) >= 11 is 0. The Kier molecular flexibility index (Phi) is 8.01. The van der Waals surface area contributed by atoms with Crippen molar-refractivity contribution >= 4 is 12.4 Å². The topological polar surface area (TPSA) is 58.3 Å². The molecule has 0 aliphatic carbocycles. The Balaban J connectivity index is 0.00000220. The van der Waals surface area contributed by atoms with Crippen LogP contribution < -0.4 is 11.1 Å². The van der Waals surface area contributed by atoms with Gasteiger partial charge in [0.15, 0.2) is 0 Å². The lowest BCUT2D eigenvalue weighted by Crippen LogP contribution is -2.42. The van der Waals surface area contributed by atoms with Gasteiger partial charge >= 0.3 is 0 Å². The van der Waals surface area contributed by atoms with Crippen LogP contribution in [0.25, 0.3) is 0 Å². The molecule has 0 radical (unpaired) electrons. The van der Waals surface area contributed by atoms with Crippen molar-refractivity contribution in [2.24, 2.45) is 5.73 Å². The molecular weight excluding hydrogens is 284 g/mol. The molecule has 0 bridgehead atoms. The Morgan fingerprint density at radius 1 is 0.905 bits per heavy atom. The van der Waals surface area contributed by atoms with E-state index in [-0.39, 0.29) is 18.4 Å². The van der Waals surface area contributed by atoms with Crippen molar-refractivity contribution in [2.75, 3.05) is 6.54 Å². The van der Waals surface area contributed by atoms with Crippen LogP contribution in [0, 0.1) is 0 Å². The predicted molar refractivity (Wildman–Crippen MR) is 89.5 cm³/mol. The lowest BCUT2D eigenvalue weighted by Gasteiger charge is -2.19. The van der Waals surface area contributed by atoms with Crippen molar-refractivity contribution in [3.8, 4) is 0 Å². The average molecular weight is 307 g/mol. The van der Waals surface area contributed by atoms with Crippen LogP contribution in [0.2, 0.25) is 0 Å². The maximum atomic E-state index is 10.1. The van der Waals surface area contributed by atoms with Crippen molar-refractivity contribution in [1.82, 2.24) is 5.32 Å². The smallest absolute Gasteiger partial charge is 0.0818 e.